The van der Waals surface area contributed by atoms with Crippen molar-refractivity contribution in [2.45, 2.75) is 13.5 Å². The molecule has 2 N–H and O–H groups in total. The molecule has 4 nitrogen and oxygen atoms in total. The van der Waals surface area contributed by atoms with Gasteiger partial charge in [0.1, 0.15) is 0 Å². The van der Waals surface area contributed by atoms with Crippen LogP contribution in [0.5, 0.6) is 0 Å². The molecule has 1 heterocycles. The molecule has 0 aliphatic carbocycles. The number of nitrogens with zero attached hydrogens (tertiary/aromatic N) is 2. The van der Waals surface area contributed by atoms with Crippen molar-refractivity contribution in [1.82, 2.24) is 20.4 Å². The fourth-order valence-electron chi connectivity index (χ4n) is 1.12. The summed E-state index contributed by atoms with van der Waals surface area (Å²) in [5.41, 5.74) is 2.30. The van der Waals surface area contributed by atoms with Crippen molar-refractivity contribution in [1.29, 1.82) is 0 Å². The molecule has 0 aromatic carbocycles. The maximum atomic E-state index is 5.07. The smallest absolute Gasteiger partial charge is 0.166 e. The highest BCUT2D eigenvalue weighted by atomic mass is 32.1. The zero-order valence-electron chi connectivity index (χ0n) is 9.08. The van der Waals surface area contributed by atoms with Crippen molar-refractivity contribution in [2.75, 3.05) is 6.54 Å². The van der Waals surface area contributed by atoms with Crippen molar-refractivity contribution in [3.8, 4) is 0 Å². The lowest BCUT2D eigenvalue weighted by molar-refractivity contribution is 0.736. The van der Waals surface area contributed by atoms with Crippen LogP contribution in [0.2, 0.25) is 0 Å². The van der Waals surface area contributed by atoms with Crippen molar-refractivity contribution >= 4 is 17.3 Å². The molecule has 0 amide bonds. The lowest BCUT2D eigenvalue weighted by atomic mass is 10.2. The van der Waals surface area contributed by atoms with Crippen LogP contribution in [0.3, 0.4) is 0 Å². The average molecular weight is 224 g/mol. The molecule has 0 saturated heterocycles. The van der Waals surface area contributed by atoms with Gasteiger partial charge in [0, 0.05) is 31.4 Å². The summed E-state index contributed by atoms with van der Waals surface area (Å²) >= 11 is 5.07. The highest BCUT2D eigenvalue weighted by Crippen LogP contribution is 2.04. The molecule has 1 aromatic rings. The number of hydrogen-bond donors (Lipinski definition) is 2. The fourth-order valence-corrected chi connectivity index (χ4v) is 1.28. The van der Waals surface area contributed by atoms with Crippen LogP contribution in [0.1, 0.15) is 11.3 Å². The highest BCUT2D eigenvalue weighted by Gasteiger charge is 2.03. The van der Waals surface area contributed by atoms with Crippen LogP contribution in [-0.2, 0) is 13.6 Å². The van der Waals surface area contributed by atoms with E-state index in [0.717, 1.165) is 11.3 Å². The Morgan fingerprint density at radius 3 is 2.93 bits per heavy atom. The Balaban J connectivity index is 2.40. The zero-order chi connectivity index (χ0) is 11.3. The molecule has 82 valence electrons. The summed E-state index contributed by atoms with van der Waals surface area (Å²) < 4.78 is 1.84. The third-order valence-corrected chi connectivity index (χ3v) is 2.47. The number of aromatic nitrogens is 2. The first kappa shape index (κ1) is 11.7. The van der Waals surface area contributed by atoms with E-state index in [1.54, 1.807) is 6.08 Å². The van der Waals surface area contributed by atoms with Gasteiger partial charge in [0.25, 0.3) is 0 Å². The first-order valence-electron chi connectivity index (χ1n) is 4.75. The van der Waals surface area contributed by atoms with Gasteiger partial charge in [0.05, 0.1) is 6.20 Å². The Morgan fingerprint density at radius 1 is 1.67 bits per heavy atom. The van der Waals surface area contributed by atoms with Crippen molar-refractivity contribution in [2.24, 2.45) is 7.05 Å². The second kappa shape index (κ2) is 5.50. The molecule has 0 aliphatic rings. The van der Waals surface area contributed by atoms with Gasteiger partial charge in [-0.15, -0.1) is 6.58 Å². The summed E-state index contributed by atoms with van der Waals surface area (Å²) in [6.45, 7) is 7.01. The van der Waals surface area contributed by atoms with E-state index >= 15 is 0 Å². The van der Waals surface area contributed by atoms with Gasteiger partial charge in [0.15, 0.2) is 5.11 Å². The van der Waals surface area contributed by atoms with Gasteiger partial charge < -0.3 is 10.6 Å². The maximum Gasteiger partial charge on any atom is 0.166 e. The van der Waals surface area contributed by atoms with Crippen LogP contribution in [0.25, 0.3) is 0 Å². The van der Waals surface area contributed by atoms with Gasteiger partial charge >= 0.3 is 0 Å². The quantitative estimate of drug-likeness (QED) is 0.588. The summed E-state index contributed by atoms with van der Waals surface area (Å²) in [5.74, 6) is 0. The van der Waals surface area contributed by atoms with Crippen LogP contribution in [0.15, 0.2) is 18.9 Å². The summed E-state index contributed by atoms with van der Waals surface area (Å²) in [6, 6.07) is 0. The van der Waals surface area contributed by atoms with E-state index in [4.69, 9.17) is 12.2 Å². The van der Waals surface area contributed by atoms with E-state index in [9.17, 15) is 0 Å². The molecule has 0 spiro atoms. The molecule has 0 bridgehead atoms. The monoisotopic (exact) mass is 224 g/mol. The van der Waals surface area contributed by atoms with Crippen LogP contribution < -0.4 is 10.6 Å². The van der Waals surface area contributed by atoms with Crippen molar-refractivity contribution in [3.63, 3.8) is 0 Å². The molecular weight excluding hydrogens is 208 g/mol. The molecule has 0 saturated carbocycles. The minimum absolute atomic E-state index is 0.637. The summed E-state index contributed by atoms with van der Waals surface area (Å²) in [5, 5.41) is 10.9. The zero-order valence-corrected chi connectivity index (χ0v) is 9.90. The number of thiocarbonyl (C=S) groups is 1. The maximum absolute atomic E-state index is 5.07. The van der Waals surface area contributed by atoms with E-state index in [-0.39, 0.29) is 0 Å². The van der Waals surface area contributed by atoms with E-state index in [1.807, 2.05) is 24.9 Å². The lowest BCUT2D eigenvalue weighted by Gasteiger charge is -2.08. The minimum Gasteiger partial charge on any atom is -0.359 e. The van der Waals surface area contributed by atoms with Gasteiger partial charge in [-0.3, -0.25) is 4.68 Å². The van der Waals surface area contributed by atoms with Crippen LogP contribution in [-0.4, -0.2) is 21.4 Å². The SMILES string of the molecule is C=CCNC(=S)NCc1cnn(C)c1C. The summed E-state index contributed by atoms with van der Waals surface area (Å²) in [4.78, 5) is 0. The first-order chi connectivity index (χ1) is 7.15. The highest BCUT2D eigenvalue weighted by molar-refractivity contribution is 7.80. The molecule has 0 unspecified atom stereocenters. The minimum atomic E-state index is 0.637. The average Bonchev–Trinajstić information content (AvgIpc) is 2.54. The Bertz CT molecular complexity index is 356. The predicted molar refractivity (Wildman–Crippen MR) is 65.6 cm³/mol. The molecular formula is C10H16N4S. The fraction of sp³-hybridized carbons (Fsp3) is 0.400. The number of nitrogens with one attached hydrogen (secondary N) is 2. The van der Waals surface area contributed by atoms with Crippen LogP contribution in [0.4, 0.5) is 0 Å². The van der Waals surface area contributed by atoms with E-state index in [0.29, 0.717) is 18.2 Å². The van der Waals surface area contributed by atoms with Crippen LogP contribution in [0, 0.1) is 6.92 Å². The molecule has 1 rings (SSSR count). The van der Waals surface area contributed by atoms with Gasteiger partial charge in [-0.1, -0.05) is 6.08 Å². The number of hydrogen-bond acceptors (Lipinski definition) is 2. The lowest BCUT2D eigenvalue weighted by Crippen LogP contribution is -2.34. The molecule has 0 atom stereocenters. The third kappa shape index (κ3) is 3.36. The molecule has 15 heavy (non-hydrogen) atoms. The molecule has 0 aliphatic heterocycles. The topological polar surface area (TPSA) is 41.9 Å². The number of aryl methyl sites for hydroxylation is 1. The molecule has 1 aromatic heterocycles. The van der Waals surface area contributed by atoms with Gasteiger partial charge in [-0.05, 0) is 19.1 Å². The van der Waals surface area contributed by atoms with E-state index in [2.05, 4.69) is 22.3 Å². The van der Waals surface area contributed by atoms with Crippen molar-refractivity contribution in [3.05, 3.63) is 30.1 Å². The number of rotatable bonds is 4. The van der Waals surface area contributed by atoms with E-state index in [1.165, 1.54) is 0 Å². The van der Waals surface area contributed by atoms with Gasteiger partial charge in [-0.2, -0.15) is 5.10 Å². The Kier molecular flexibility index (Phi) is 4.30. The summed E-state index contributed by atoms with van der Waals surface area (Å²) in [7, 11) is 1.92. The molecule has 0 fully saturated rings. The van der Waals surface area contributed by atoms with Gasteiger partial charge in [-0.25, -0.2) is 0 Å². The third-order valence-electron chi connectivity index (χ3n) is 2.18. The normalized spacial score (nSPS) is 9.73. The molecule has 5 heteroatoms. The largest absolute Gasteiger partial charge is 0.359 e. The first-order valence-corrected chi connectivity index (χ1v) is 5.16. The summed E-state index contributed by atoms with van der Waals surface area (Å²) in [6.07, 6.45) is 3.61. The second-order valence-electron chi connectivity index (χ2n) is 3.23. The Morgan fingerprint density at radius 2 is 2.40 bits per heavy atom. The van der Waals surface area contributed by atoms with Crippen molar-refractivity contribution < 1.29 is 0 Å². The standard InChI is InChI=1S/C10H16N4S/c1-4-5-11-10(15)12-6-9-7-13-14(3)8(9)2/h4,7H,1,5-6H2,2-3H3,(H2,11,12,15). The van der Waals surface area contributed by atoms with E-state index < -0.39 is 0 Å². The predicted octanol–water partition coefficient (Wildman–Crippen LogP) is 0.879. The Labute approximate surface area is 95.4 Å². The second-order valence-corrected chi connectivity index (χ2v) is 3.64. The molecule has 0 radical (unpaired) electrons. The Hall–Kier alpha value is -1.36. The van der Waals surface area contributed by atoms with Gasteiger partial charge in [0.2, 0.25) is 0 Å². The van der Waals surface area contributed by atoms with Crippen LogP contribution >= 0.6 is 12.2 Å².